The molecule has 0 saturated carbocycles. The molecular weight excluding hydrogens is 108 g/mol. The standard InChI is InChI=1S/C5H11OS/c1-3-5-7-6-4-2/h2-5H2,1H3. The van der Waals surface area contributed by atoms with Gasteiger partial charge in [-0.1, -0.05) is 6.92 Å². The third kappa shape index (κ3) is 6.31. The predicted molar refractivity (Wildman–Crippen MR) is 34.1 cm³/mol. The van der Waals surface area contributed by atoms with Crippen molar-refractivity contribution >= 4 is 12.0 Å². The molecule has 0 fully saturated rings. The fourth-order valence-corrected chi connectivity index (χ4v) is 0.604. The summed E-state index contributed by atoms with van der Waals surface area (Å²) >= 11 is 1.49. The molecule has 0 bridgehead atoms. The zero-order chi connectivity index (χ0) is 5.54. The lowest BCUT2D eigenvalue weighted by molar-refractivity contribution is 0.426. The van der Waals surface area contributed by atoms with Crippen LogP contribution in [0.3, 0.4) is 0 Å². The highest BCUT2D eigenvalue weighted by atomic mass is 32.2. The van der Waals surface area contributed by atoms with E-state index in [1.807, 2.05) is 0 Å². The first-order chi connectivity index (χ1) is 3.41. The summed E-state index contributed by atoms with van der Waals surface area (Å²) in [6.07, 6.45) is 1.17. The van der Waals surface area contributed by atoms with E-state index in [1.54, 1.807) is 0 Å². The van der Waals surface area contributed by atoms with E-state index in [2.05, 4.69) is 13.8 Å². The highest BCUT2D eigenvalue weighted by Gasteiger charge is 1.79. The average molecular weight is 119 g/mol. The second-order valence-electron chi connectivity index (χ2n) is 1.14. The maximum atomic E-state index is 4.88. The van der Waals surface area contributed by atoms with Gasteiger partial charge in [-0.25, -0.2) is 0 Å². The van der Waals surface area contributed by atoms with E-state index in [4.69, 9.17) is 4.18 Å². The smallest absolute Gasteiger partial charge is 0.0614 e. The Kier molecular flexibility index (Phi) is 6.59. The predicted octanol–water partition coefficient (Wildman–Crippen LogP) is 1.90. The topological polar surface area (TPSA) is 9.23 Å². The SMILES string of the molecule is [CH2]COSCCC. The maximum absolute atomic E-state index is 4.88. The summed E-state index contributed by atoms with van der Waals surface area (Å²) in [4.78, 5) is 0. The first-order valence-corrected chi connectivity index (χ1v) is 3.36. The van der Waals surface area contributed by atoms with Crippen molar-refractivity contribution in [3.8, 4) is 0 Å². The molecule has 0 spiro atoms. The van der Waals surface area contributed by atoms with Crippen LogP contribution in [0.15, 0.2) is 0 Å². The Morgan fingerprint density at radius 2 is 2.43 bits per heavy atom. The van der Waals surface area contributed by atoms with Crippen molar-refractivity contribution in [3.05, 3.63) is 6.92 Å². The molecular formula is C5H11OS. The molecule has 0 unspecified atom stereocenters. The number of hydrogen-bond acceptors (Lipinski definition) is 2. The lowest BCUT2D eigenvalue weighted by Crippen LogP contribution is -1.79. The third-order valence-electron chi connectivity index (χ3n) is 0.454. The van der Waals surface area contributed by atoms with Crippen molar-refractivity contribution in [2.24, 2.45) is 0 Å². The van der Waals surface area contributed by atoms with Gasteiger partial charge < -0.3 is 4.18 Å². The maximum Gasteiger partial charge on any atom is 0.0614 e. The van der Waals surface area contributed by atoms with Crippen molar-refractivity contribution in [2.45, 2.75) is 13.3 Å². The summed E-state index contributed by atoms with van der Waals surface area (Å²) in [5.41, 5.74) is 0. The Labute approximate surface area is 49.6 Å². The van der Waals surface area contributed by atoms with Gasteiger partial charge in [0, 0.05) is 5.75 Å². The van der Waals surface area contributed by atoms with Crippen LogP contribution in [0.2, 0.25) is 0 Å². The fourth-order valence-electron chi connectivity index (χ4n) is 0.201. The molecule has 0 aromatic carbocycles. The van der Waals surface area contributed by atoms with Gasteiger partial charge >= 0.3 is 0 Å². The van der Waals surface area contributed by atoms with Crippen molar-refractivity contribution in [3.63, 3.8) is 0 Å². The lowest BCUT2D eigenvalue weighted by atomic mass is 10.6. The normalized spacial score (nSPS) is 9.43. The monoisotopic (exact) mass is 119 g/mol. The number of hydrogen-bond donors (Lipinski definition) is 0. The van der Waals surface area contributed by atoms with Gasteiger partial charge in [0.05, 0.1) is 6.61 Å². The van der Waals surface area contributed by atoms with Gasteiger partial charge in [-0.3, -0.25) is 0 Å². The molecule has 0 heterocycles. The van der Waals surface area contributed by atoms with Crippen molar-refractivity contribution < 1.29 is 4.18 Å². The summed E-state index contributed by atoms with van der Waals surface area (Å²) in [6.45, 7) is 6.21. The summed E-state index contributed by atoms with van der Waals surface area (Å²) in [5, 5.41) is 0. The minimum absolute atomic E-state index is 0.574. The van der Waals surface area contributed by atoms with E-state index in [0.29, 0.717) is 6.61 Å². The van der Waals surface area contributed by atoms with Gasteiger partial charge in [-0.2, -0.15) is 0 Å². The molecule has 0 aromatic rings. The highest BCUT2D eigenvalue weighted by molar-refractivity contribution is 7.94. The van der Waals surface area contributed by atoms with Crippen LogP contribution in [0.1, 0.15) is 13.3 Å². The molecule has 0 amide bonds. The molecule has 1 radical (unpaired) electrons. The van der Waals surface area contributed by atoms with E-state index in [0.717, 1.165) is 5.75 Å². The van der Waals surface area contributed by atoms with Crippen LogP contribution < -0.4 is 0 Å². The largest absolute Gasteiger partial charge is 0.315 e. The zero-order valence-corrected chi connectivity index (χ0v) is 5.46. The van der Waals surface area contributed by atoms with E-state index in [1.165, 1.54) is 18.5 Å². The zero-order valence-electron chi connectivity index (χ0n) is 4.64. The summed E-state index contributed by atoms with van der Waals surface area (Å²) in [6, 6.07) is 0. The van der Waals surface area contributed by atoms with Gasteiger partial charge in [-0.05, 0) is 25.4 Å². The summed E-state index contributed by atoms with van der Waals surface area (Å²) in [7, 11) is 0. The molecule has 2 heteroatoms. The van der Waals surface area contributed by atoms with Gasteiger partial charge in [0.1, 0.15) is 0 Å². The Morgan fingerprint density at radius 1 is 1.71 bits per heavy atom. The lowest BCUT2D eigenvalue weighted by Gasteiger charge is -1.92. The minimum Gasteiger partial charge on any atom is -0.315 e. The molecule has 0 aliphatic rings. The first kappa shape index (κ1) is 7.31. The van der Waals surface area contributed by atoms with E-state index >= 15 is 0 Å². The molecule has 43 valence electrons. The van der Waals surface area contributed by atoms with Crippen LogP contribution in [-0.2, 0) is 4.18 Å². The minimum atomic E-state index is 0.574. The van der Waals surface area contributed by atoms with Crippen LogP contribution in [0, 0.1) is 6.92 Å². The van der Waals surface area contributed by atoms with Crippen LogP contribution in [-0.4, -0.2) is 12.4 Å². The number of rotatable bonds is 4. The Hall–Kier alpha value is 0.310. The van der Waals surface area contributed by atoms with Gasteiger partial charge in [-0.15, -0.1) is 0 Å². The molecule has 0 atom stereocenters. The summed E-state index contributed by atoms with van der Waals surface area (Å²) < 4.78 is 4.88. The molecule has 0 aromatic heterocycles. The van der Waals surface area contributed by atoms with Gasteiger partial charge in [0.15, 0.2) is 0 Å². The highest BCUT2D eigenvalue weighted by Crippen LogP contribution is 2.01. The Morgan fingerprint density at radius 3 is 2.86 bits per heavy atom. The Balaban J connectivity index is 2.45. The van der Waals surface area contributed by atoms with Crippen molar-refractivity contribution in [1.29, 1.82) is 0 Å². The second-order valence-corrected chi connectivity index (χ2v) is 2.02. The molecule has 1 nitrogen and oxygen atoms in total. The molecule has 0 rings (SSSR count). The van der Waals surface area contributed by atoms with Gasteiger partial charge in [0.25, 0.3) is 0 Å². The van der Waals surface area contributed by atoms with Crippen molar-refractivity contribution in [2.75, 3.05) is 12.4 Å². The molecule has 0 saturated heterocycles. The quantitative estimate of drug-likeness (QED) is 0.413. The van der Waals surface area contributed by atoms with Crippen molar-refractivity contribution in [1.82, 2.24) is 0 Å². The first-order valence-electron chi connectivity index (χ1n) is 2.45. The van der Waals surface area contributed by atoms with E-state index in [9.17, 15) is 0 Å². The fraction of sp³-hybridized carbons (Fsp3) is 0.800. The molecule has 7 heavy (non-hydrogen) atoms. The van der Waals surface area contributed by atoms with Crippen LogP contribution >= 0.6 is 12.0 Å². The third-order valence-corrected chi connectivity index (χ3v) is 1.36. The van der Waals surface area contributed by atoms with Crippen LogP contribution in [0.5, 0.6) is 0 Å². The average Bonchev–Trinajstić information content (AvgIpc) is 1.69. The van der Waals surface area contributed by atoms with E-state index in [-0.39, 0.29) is 0 Å². The molecule has 0 N–H and O–H groups in total. The van der Waals surface area contributed by atoms with E-state index < -0.39 is 0 Å². The van der Waals surface area contributed by atoms with Gasteiger partial charge in [0.2, 0.25) is 0 Å². The summed E-state index contributed by atoms with van der Waals surface area (Å²) in [5.74, 6) is 1.08. The van der Waals surface area contributed by atoms with Crippen LogP contribution in [0.4, 0.5) is 0 Å². The van der Waals surface area contributed by atoms with Crippen LogP contribution in [0.25, 0.3) is 0 Å². The second kappa shape index (κ2) is 6.31. The Bertz CT molecular complexity index is 27.3. The molecule has 0 aliphatic heterocycles. The molecule has 0 aliphatic carbocycles.